The van der Waals surface area contributed by atoms with Gasteiger partial charge in [-0.15, -0.1) is 0 Å². The monoisotopic (exact) mass is 254 g/mol. The van der Waals surface area contributed by atoms with Crippen LogP contribution in [0.2, 0.25) is 0 Å². The first-order valence-corrected chi connectivity index (χ1v) is 5.45. The molecule has 5 nitrogen and oxygen atoms in total. The van der Waals surface area contributed by atoms with Gasteiger partial charge in [0.25, 0.3) is 6.43 Å². The number of aliphatic hydroxyl groups is 1. The van der Waals surface area contributed by atoms with Crippen LogP contribution < -0.4 is 5.73 Å². The number of carbonyl (C=O) groups excluding carboxylic acids is 1. The van der Waals surface area contributed by atoms with Gasteiger partial charge in [0.15, 0.2) is 0 Å². The van der Waals surface area contributed by atoms with Crippen molar-refractivity contribution in [3.8, 4) is 0 Å². The van der Waals surface area contributed by atoms with Crippen molar-refractivity contribution in [2.24, 2.45) is 5.73 Å². The fraction of sp³-hybridized carbons (Fsp3) is 0.900. The molecule has 17 heavy (non-hydrogen) atoms. The number of aliphatic hydroxyl groups excluding tert-OH is 1. The van der Waals surface area contributed by atoms with Crippen molar-refractivity contribution in [1.82, 2.24) is 4.90 Å². The third-order valence-electron chi connectivity index (χ3n) is 2.22. The van der Waals surface area contributed by atoms with Gasteiger partial charge in [-0.2, -0.15) is 0 Å². The maximum absolute atomic E-state index is 12.2. The van der Waals surface area contributed by atoms with Crippen LogP contribution in [0.3, 0.4) is 0 Å². The number of amides is 1. The number of carbonyl (C=O) groups is 1. The van der Waals surface area contributed by atoms with Crippen molar-refractivity contribution in [1.29, 1.82) is 0 Å². The molecule has 0 rings (SSSR count). The lowest BCUT2D eigenvalue weighted by atomic mass is 10.1. The topological polar surface area (TPSA) is 75.8 Å². The largest absolute Gasteiger partial charge is 0.395 e. The molecule has 0 aromatic rings. The van der Waals surface area contributed by atoms with Crippen molar-refractivity contribution in [2.75, 3.05) is 33.4 Å². The zero-order valence-corrected chi connectivity index (χ0v) is 9.94. The quantitative estimate of drug-likeness (QED) is 0.560. The summed E-state index contributed by atoms with van der Waals surface area (Å²) in [6.45, 7) is -0.711. The van der Waals surface area contributed by atoms with E-state index >= 15 is 0 Å². The highest BCUT2D eigenvalue weighted by Gasteiger charge is 2.22. The summed E-state index contributed by atoms with van der Waals surface area (Å²) in [6, 6.07) is -0.824. The van der Waals surface area contributed by atoms with Crippen LogP contribution in [0.5, 0.6) is 0 Å². The second-order valence-electron chi connectivity index (χ2n) is 3.64. The first-order chi connectivity index (χ1) is 8.02. The molecule has 1 unspecified atom stereocenters. The van der Waals surface area contributed by atoms with E-state index in [9.17, 15) is 13.6 Å². The summed E-state index contributed by atoms with van der Waals surface area (Å²) in [4.78, 5) is 12.6. The van der Waals surface area contributed by atoms with Gasteiger partial charge in [0.1, 0.15) is 0 Å². The number of hydrogen-bond donors (Lipinski definition) is 2. The van der Waals surface area contributed by atoms with Gasteiger partial charge in [0.2, 0.25) is 5.91 Å². The average Bonchev–Trinajstić information content (AvgIpc) is 2.27. The molecule has 0 fully saturated rings. The zero-order chi connectivity index (χ0) is 13.3. The smallest absolute Gasteiger partial charge is 0.255 e. The Labute approximate surface area is 99.5 Å². The SMILES string of the molecule is COCCCC(N)C(=O)N(CCO)CC(F)F. The summed E-state index contributed by atoms with van der Waals surface area (Å²) in [5.74, 6) is -0.560. The minimum atomic E-state index is -2.63. The highest BCUT2D eigenvalue weighted by molar-refractivity contribution is 5.81. The minimum absolute atomic E-state index is 0.124. The van der Waals surface area contributed by atoms with Gasteiger partial charge in [-0.05, 0) is 12.8 Å². The molecule has 3 N–H and O–H groups in total. The van der Waals surface area contributed by atoms with E-state index < -0.39 is 24.9 Å². The number of alkyl halides is 2. The molecule has 0 heterocycles. The molecule has 0 aliphatic heterocycles. The lowest BCUT2D eigenvalue weighted by Crippen LogP contribution is -2.46. The lowest BCUT2D eigenvalue weighted by molar-refractivity contribution is -0.135. The highest BCUT2D eigenvalue weighted by Crippen LogP contribution is 2.04. The molecule has 0 aromatic heterocycles. The third kappa shape index (κ3) is 7.19. The van der Waals surface area contributed by atoms with Crippen molar-refractivity contribution in [2.45, 2.75) is 25.3 Å². The second-order valence-corrected chi connectivity index (χ2v) is 3.64. The molecular weight excluding hydrogens is 234 g/mol. The molecule has 0 spiro atoms. The molecule has 0 aliphatic carbocycles. The Hall–Kier alpha value is -0.790. The Morgan fingerprint density at radius 3 is 2.65 bits per heavy atom. The van der Waals surface area contributed by atoms with Crippen LogP contribution in [0, 0.1) is 0 Å². The first-order valence-electron chi connectivity index (χ1n) is 5.45. The molecule has 7 heteroatoms. The number of methoxy groups -OCH3 is 1. The Morgan fingerprint density at radius 1 is 1.53 bits per heavy atom. The van der Waals surface area contributed by atoms with Gasteiger partial charge in [-0.1, -0.05) is 0 Å². The Kier molecular flexibility index (Phi) is 8.83. The fourth-order valence-corrected chi connectivity index (χ4v) is 1.38. The van der Waals surface area contributed by atoms with Crippen LogP contribution in [0.25, 0.3) is 0 Å². The number of hydrogen-bond acceptors (Lipinski definition) is 4. The standard InChI is InChI=1S/C10H20F2N2O3/c1-17-6-2-3-8(13)10(16)14(4-5-15)7-9(11)12/h8-9,15H,2-7,13H2,1H3. The van der Waals surface area contributed by atoms with Crippen molar-refractivity contribution >= 4 is 5.91 Å². The van der Waals surface area contributed by atoms with Crippen LogP contribution in [-0.4, -0.2) is 61.8 Å². The van der Waals surface area contributed by atoms with Crippen LogP contribution >= 0.6 is 0 Å². The van der Waals surface area contributed by atoms with Crippen molar-refractivity contribution in [3.05, 3.63) is 0 Å². The maximum atomic E-state index is 12.2. The van der Waals surface area contributed by atoms with Gasteiger partial charge >= 0.3 is 0 Å². The zero-order valence-electron chi connectivity index (χ0n) is 9.94. The van der Waals surface area contributed by atoms with Gasteiger partial charge in [0.05, 0.1) is 19.2 Å². The molecule has 0 bridgehead atoms. The number of nitrogens with zero attached hydrogens (tertiary/aromatic N) is 1. The number of ether oxygens (including phenoxy) is 1. The van der Waals surface area contributed by atoms with Crippen LogP contribution in [0.4, 0.5) is 8.78 Å². The fourth-order valence-electron chi connectivity index (χ4n) is 1.38. The van der Waals surface area contributed by atoms with E-state index in [-0.39, 0.29) is 13.2 Å². The molecule has 0 aliphatic rings. The Balaban J connectivity index is 4.18. The summed E-state index contributed by atoms with van der Waals surface area (Å²) in [5.41, 5.74) is 5.59. The normalized spacial score (nSPS) is 12.8. The number of rotatable bonds is 9. The van der Waals surface area contributed by atoms with E-state index in [1.165, 1.54) is 7.11 Å². The molecule has 1 atom stereocenters. The van der Waals surface area contributed by atoms with Crippen molar-refractivity contribution in [3.63, 3.8) is 0 Å². The number of nitrogens with two attached hydrogens (primary N) is 1. The summed E-state index contributed by atoms with van der Waals surface area (Å²) in [6.07, 6.45) is -1.67. The van der Waals surface area contributed by atoms with Crippen LogP contribution in [0.1, 0.15) is 12.8 Å². The van der Waals surface area contributed by atoms with E-state index in [1.807, 2.05) is 0 Å². The van der Waals surface area contributed by atoms with E-state index in [1.54, 1.807) is 0 Å². The highest BCUT2D eigenvalue weighted by atomic mass is 19.3. The molecule has 0 saturated carbocycles. The van der Waals surface area contributed by atoms with Crippen LogP contribution in [-0.2, 0) is 9.53 Å². The van der Waals surface area contributed by atoms with Gasteiger partial charge < -0.3 is 20.5 Å². The molecule has 0 radical (unpaired) electrons. The summed E-state index contributed by atoms with van der Waals surface area (Å²) in [5, 5.41) is 8.69. The van der Waals surface area contributed by atoms with Gasteiger partial charge in [-0.3, -0.25) is 4.79 Å². The summed E-state index contributed by atoms with van der Waals surface area (Å²) in [7, 11) is 1.53. The second kappa shape index (κ2) is 9.26. The average molecular weight is 254 g/mol. The molecule has 0 saturated heterocycles. The molecule has 0 aromatic carbocycles. The molecular formula is C10H20F2N2O3. The van der Waals surface area contributed by atoms with Gasteiger partial charge in [0, 0.05) is 20.3 Å². The minimum Gasteiger partial charge on any atom is -0.395 e. The third-order valence-corrected chi connectivity index (χ3v) is 2.22. The maximum Gasteiger partial charge on any atom is 0.255 e. The van der Waals surface area contributed by atoms with E-state index in [4.69, 9.17) is 15.6 Å². The Bertz CT molecular complexity index is 218. The predicted octanol–water partition coefficient (Wildman–Crippen LogP) is -0.174. The van der Waals surface area contributed by atoms with Gasteiger partial charge in [-0.25, -0.2) is 8.78 Å². The Morgan fingerprint density at radius 2 is 2.18 bits per heavy atom. The molecule has 1 amide bonds. The van der Waals surface area contributed by atoms with E-state index in [0.717, 1.165) is 4.90 Å². The van der Waals surface area contributed by atoms with Crippen LogP contribution in [0.15, 0.2) is 0 Å². The van der Waals surface area contributed by atoms with E-state index in [2.05, 4.69) is 0 Å². The summed E-state index contributed by atoms with van der Waals surface area (Å²) >= 11 is 0. The predicted molar refractivity (Wildman–Crippen MR) is 58.8 cm³/mol. The molecule has 102 valence electrons. The van der Waals surface area contributed by atoms with E-state index in [0.29, 0.717) is 19.4 Å². The summed E-state index contributed by atoms with van der Waals surface area (Å²) < 4.78 is 29.2. The number of halogens is 2. The lowest BCUT2D eigenvalue weighted by Gasteiger charge is -2.24. The van der Waals surface area contributed by atoms with Crippen molar-refractivity contribution < 1.29 is 23.4 Å². The first kappa shape index (κ1) is 16.2.